The molecule has 1 aliphatic rings. The Bertz CT molecular complexity index is 479. The molecule has 3 N–H and O–H groups in total. The predicted molar refractivity (Wildman–Crippen MR) is 75.2 cm³/mol. The number of benzene rings is 1. The number of halogens is 1. The average molecular weight is 280 g/mol. The maximum atomic E-state index is 13.3. The van der Waals surface area contributed by atoms with Gasteiger partial charge in [-0.05, 0) is 43.5 Å². The Morgan fingerprint density at radius 1 is 1.45 bits per heavy atom. The highest BCUT2D eigenvalue weighted by molar-refractivity contribution is 5.94. The van der Waals surface area contributed by atoms with Crippen LogP contribution < -0.4 is 15.8 Å². The number of hydrogen-bond donors (Lipinski definition) is 2. The molecule has 5 heteroatoms. The van der Waals surface area contributed by atoms with E-state index in [9.17, 15) is 9.18 Å². The lowest BCUT2D eigenvalue weighted by molar-refractivity contribution is 0.0907. The van der Waals surface area contributed by atoms with Crippen LogP contribution in [0.15, 0.2) is 18.2 Å². The molecule has 2 unspecified atom stereocenters. The second kappa shape index (κ2) is 6.70. The first-order valence-corrected chi connectivity index (χ1v) is 7.00. The van der Waals surface area contributed by atoms with Gasteiger partial charge in [0.1, 0.15) is 0 Å². The highest BCUT2D eigenvalue weighted by atomic mass is 19.1. The number of rotatable bonds is 4. The van der Waals surface area contributed by atoms with E-state index in [1.165, 1.54) is 31.7 Å². The summed E-state index contributed by atoms with van der Waals surface area (Å²) in [5.41, 5.74) is 6.16. The van der Waals surface area contributed by atoms with Crippen molar-refractivity contribution in [1.82, 2.24) is 5.32 Å². The van der Waals surface area contributed by atoms with E-state index in [1.54, 1.807) is 0 Å². The molecule has 0 spiro atoms. The smallest absolute Gasteiger partial charge is 0.251 e. The maximum absolute atomic E-state index is 13.3. The Morgan fingerprint density at radius 2 is 2.20 bits per heavy atom. The Morgan fingerprint density at radius 3 is 2.90 bits per heavy atom. The summed E-state index contributed by atoms with van der Waals surface area (Å²) >= 11 is 0. The molecule has 0 heterocycles. The Hall–Kier alpha value is -1.62. The van der Waals surface area contributed by atoms with E-state index in [-0.39, 0.29) is 17.7 Å². The molecule has 1 saturated carbocycles. The zero-order valence-electron chi connectivity index (χ0n) is 11.7. The van der Waals surface area contributed by atoms with Gasteiger partial charge >= 0.3 is 0 Å². The van der Waals surface area contributed by atoms with Crippen molar-refractivity contribution >= 4 is 5.91 Å². The van der Waals surface area contributed by atoms with Crippen LogP contribution in [0.25, 0.3) is 0 Å². The van der Waals surface area contributed by atoms with E-state index in [2.05, 4.69) is 5.32 Å². The number of amides is 1. The van der Waals surface area contributed by atoms with Crippen LogP contribution in [0.5, 0.6) is 5.75 Å². The fourth-order valence-corrected chi connectivity index (χ4v) is 2.73. The van der Waals surface area contributed by atoms with Crippen LogP contribution in [-0.2, 0) is 0 Å². The van der Waals surface area contributed by atoms with Crippen LogP contribution in [-0.4, -0.2) is 25.6 Å². The first-order chi connectivity index (χ1) is 9.65. The number of nitrogens with two attached hydrogens (primary N) is 1. The molecule has 2 rings (SSSR count). The van der Waals surface area contributed by atoms with Crippen molar-refractivity contribution in [3.8, 4) is 5.75 Å². The lowest BCUT2D eigenvalue weighted by Crippen LogP contribution is -2.44. The Balaban J connectivity index is 2.07. The van der Waals surface area contributed by atoms with Gasteiger partial charge in [0.15, 0.2) is 11.6 Å². The van der Waals surface area contributed by atoms with Crippen LogP contribution in [0.2, 0.25) is 0 Å². The summed E-state index contributed by atoms with van der Waals surface area (Å²) in [4.78, 5) is 12.2. The lowest BCUT2D eigenvalue weighted by Gasteiger charge is -2.31. The third kappa shape index (κ3) is 3.28. The van der Waals surface area contributed by atoms with Crippen molar-refractivity contribution in [2.24, 2.45) is 11.7 Å². The van der Waals surface area contributed by atoms with Gasteiger partial charge in [-0.15, -0.1) is 0 Å². The van der Waals surface area contributed by atoms with E-state index < -0.39 is 5.82 Å². The van der Waals surface area contributed by atoms with Crippen molar-refractivity contribution in [3.63, 3.8) is 0 Å². The van der Waals surface area contributed by atoms with Crippen LogP contribution in [0, 0.1) is 11.7 Å². The summed E-state index contributed by atoms with van der Waals surface area (Å²) in [6.45, 7) is 0.581. The summed E-state index contributed by atoms with van der Waals surface area (Å²) in [6.07, 6.45) is 4.27. The molecule has 1 amide bonds. The third-order valence-corrected chi connectivity index (χ3v) is 3.94. The van der Waals surface area contributed by atoms with E-state index in [0.717, 1.165) is 19.3 Å². The molecule has 0 saturated heterocycles. The normalized spacial score (nSPS) is 22.4. The van der Waals surface area contributed by atoms with Crippen LogP contribution >= 0.6 is 0 Å². The first-order valence-electron chi connectivity index (χ1n) is 7.00. The highest BCUT2D eigenvalue weighted by Gasteiger charge is 2.25. The molecule has 110 valence electrons. The molecule has 1 aromatic rings. The van der Waals surface area contributed by atoms with Crippen LogP contribution in [0.4, 0.5) is 4.39 Å². The molecule has 1 aromatic carbocycles. The number of hydrogen-bond acceptors (Lipinski definition) is 3. The van der Waals surface area contributed by atoms with E-state index >= 15 is 0 Å². The molecular formula is C15H21FN2O2. The zero-order valence-corrected chi connectivity index (χ0v) is 11.7. The van der Waals surface area contributed by atoms with Gasteiger partial charge < -0.3 is 15.8 Å². The summed E-state index contributed by atoms with van der Waals surface area (Å²) in [5, 5.41) is 3.01. The van der Waals surface area contributed by atoms with Crippen molar-refractivity contribution in [2.45, 2.75) is 31.7 Å². The van der Waals surface area contributed by atoms with Gasteiger partial charge in [-0.2, -0.15) is 0 Å². The number of methoxy groups -OCH3 is 1. The van der Waals surface area contributed by atoms with Gasteiger partial charge in [0.05, 0.1) is 7.11 Å². The number of carbonyl (C=O) groups is 1. The standard InChI is InChI=1S/C15H21FN2O2/c1-20-14-8-10(6-7-12(14)16)15(19)18-13-5-3-2-4-11(13)9-17/h6-8,11,13H,2-5,9,17H2,1H3,(H,18,19). The average Bonchev–Trinajstić information content (AvgIpc) is 2.48. The SMILES string of the molecule is COc1cc(C(=O)NC2CCCCC2CN)ccc1F. The largest absolute Gasteiger partial charge is 0.494 e. The zero-order chi connectivity index (χ0) is 14.5. The van der Waals surface area contributed by atoms with E-state index in [0.29, 0.717) is 18.0 Å². The van der Waals surface area contributed by atoms with Gasteiger partial charge in [0.2, 0.25) is 0 Å². The Labute approximate surface area is 118 Å². The van der Waals surface area contributed by atoms with Crippen LogP contribution in [0.3, 0.4) is 0 Å². The molecule has 20 heavy (non-hydrogen) atoms. The number of nitrogens with one attached hydrogen (secondary N) is 1. The van der Waals surface area contributed by atoms with Gasteiger partial charge in [0.25, 0.3) is 5.91 Å². The number of carbonyl (C=O) groups excluding carboxylic acids is 1. The topological polar surface area (TPSA) is 64.3 Å². The van der Waals surface area contributed by atoms with E-state index in [4.69, 9.17) is 10.5 Å². The summed E-state index contributed by atoms with van der Waals surface area (Å²) in [7, 11) is 1.38. The first kappa shape index (κ1) is 14.8. The summed E-state index contributed by atoms with van der Waals surface area (Å²) in [5.74, 6) is -0.262. The Kier molecular flexibility index (Phi) is 4.95. The summed E-state index contributed by atoms with van der Waals surface area (Å²) < 4.78 is 18.2. The lowest BCUT2D eigenvalue weighted by atomic mass is 9.84. The predicted octanol–water partition coefficient (Wildman–Crippen LogP) is 2.08. The highest BCUT2D eigenvalue weighted by Crippen LogP contribution is 2.24. The monoisotopic (exact) mass is 280 g/mol. The van der Waals surface area contributed by atoms with Crippen molar-refractivity contribution in [3.05, 3.63) is 29.6 Å². The molecule has 1 fully saturated rings. The molecule has 0 bridgehead atoms. The maximum Gasteiger partial charge on any atom is 0.251 e. The molecule has 0 aliphatic heterocycles. The second-order valence-electron chi connectivity index (χ2n) is 5.21. The van der Waals surface area contributed by atoms with Crippen LogP contribution in [0.1, 0.15) is 36.0 Å². The minimum atomic E-state index is -0.471. The quantitative estimate of drug-likeness (QED) is 0.887. The number of ether oxygens (including phenoxy) is 1. The van der Waals surface area contributed by atoms with Gasteiger partial charge in [-0.3, -0.25) is 4.79 Å². The molecule has 0 radical (unpaired) electrons. The van der Waals surface area contributed by atoms with E-state index in [1.807, 2.05) is 0 Å². The molecule has 0 aromatic heterocycles. The molecular weight excluding hydrogens is 259 g/mol. The molecule has 4 nitrogen and oxygen atoms in total. The van der Waals surface area contributed by atoms with Gasteiger partial charge in [-0.1, -0.05) is 12.8 Å². The fraction of sp³-hybridized carbons (Fsp3) is 0.533. The molecule has 1 aliphatic carbocycles. The van der Waals surface area contributed by atoms with Crippen molar-refractivity contribution in [1.29, 1.82) is 0 Å². The van der Waals surface area contributed by atoms with Crippen molar-refractivity contribution < 1.29 is 13.9 Å². The fourth-order valence-electron chi connectivity index (χ4n) is 2.73. The molecule has 2 atom stereocenters. The minimum absolute atomic E-state index is 0.0802. The third-order valence-electron chi connectivity index (χ3n) is 3.94. The summed E-state index contributed by atoms with van der Waals surface area (Å²) in [6, 6.07) is 4.24. The second-order valence-corrected chi connectivity index (χ2v) is 5.21. The van der Waals surface area contributed by atoms with Gasteiger partial charge in [0, 0.05) is 11.6 Å². The van der Waals surface area contributed by atoms with Gasteiger partial charge in [-0.25, -0.2) is 4.39 Å². The minimum Gasteiger partial charge on any atom is -0.494 e. The van der Waals surface area contributed by atoms with Crippen molar-refractivity contribution in [2.75, 3.05) is 13.7 Å².